The van der Waals surface area contributed by atoms with Crippen LogP contribution in [0.2, 0.25) is 5.02 Å². The van der Waals surface area contributed by atoms with Crippen LogP contribution in [-0.4, -0.2) is 16.6 Å². The first kappa shape index (κ1) is 9.52. The van der Waals surface area contributed by atoms with Gasteiger partial charge >= 0.3 is 0 Å². The van der Waals surface area contributed by atoms with Gasteiger partial charge < -0.3 is 15.8 Å². The van der Waals surface area contributed by atoms with Crippen LogP contribution in [0.15, 0.2) is 24.3 Å². The predicted octanol–water partition coefficient (Wildman–Crippen LogP) is 1.81. The third-order valence-electron chi connectivity index (χ3n) is 2.23. The molecule has 1 aromatic carbocycles. The summed E-state index contributed by atoms with van der Waals surface area (Å²) in [5.74, 6) is 0. The second-order valence-electron chi connectivity index (χ2n) is 3.15. The molecule has 0 saturated heterocycles. The Hall–Kier alpha value is -1.03. The summed E-state index contributed by atoms with van der Waals surface area (Å²) in [4.78, 5) is 3.05. The molecule has 0 saturated carbocycles. The summed E-state index contributed by atoms with van der Waals surface area (Å²) in [6.45, 7) is 0.159. The fraction of sp³-hybridized carbons (Fsp3) is 0.200. The minimum Gasteiger partial charge on any atom is -0.386 e. The highest BCUT2D eigenvalue weighted by Gasteiger charge is 2.14. The number of hydrogen-bond acceptors (Lipinski definition) is 2. The van der Waals surface area contributed by atoms with Gasteiger partial charge in [0.25, 0.3) is 0 Å². The van der Waals surface area contributed by atoms with Gasteiger partial charge in [0.15, 0.2) is 0 Å². The number of para-hydroxylation sites is 1. The molecular formula is C10H11ClN2O. The fourth-order valence-corrected chi connectivity index (χ4v) is 1.81. The van der Waals surface area contributed by atoms with E-state index in [0.717, 1.165) is 10.9 Å². The summed E-state index contributed by atoms with van der Waals surface area (Å²) in [5, 5.41) is 11.0. The van der Waals surface area contributed by atoms with Crippen molar-refractivity contribution in [1.29, 1.82) is 0 Å². The Balaban J connectivity index is 2.62. The summed E-state index contributed by atoms with van der Waals surface area (Å²) >= 11 is 6.08. The Morgan fingerprint density at radius 1 is 1.43 bits per heavy atom. The third kappa shape index (κ3) is 1.39. The highest BCUT2D eigenvalue weighted by molar-refractivity contribution is 6.36. The van der Waals surface area contributed by atoms with Crippen LogP contribution in [0.25, 0.3) is 10.9 Å². The molecule has 1 aromatic heterocycles. The third-order valence-corrected chi connectivity index (χ3v) is 2.63. The lowest BCUT2D eigenvalue weighted by molar-refractivity contribution is 0.183. The molecule has 0 amide bonds. The molecule has 3 nitrogen and oxygen atoms in total. The van der Waals surface area contributed by atoms with E-state index in [-0.39, 0.29) is 6.54 Å². The SMILES string of the molecule is NCC(O)c1[nH]c2ccccc2c1Cl. The van der Waals surface area contributed by atoms with Gasteiger partial charge in [-0.05, 0) is 6.07 Å². The Bertz CT molecular complexity index is 452. The van der Waals surface area contributed by atoms with E-state index in [0.29, 0.717) is 10.7 Å². The molecule has 0 fully saturated rings. The van der Waals surface area contributed by atoms with Crippen molar-refractivity contribution in [3.63, 3.8) is 0 Å². The van der Waals surface area contributed by atoms with Crippen molar-refractivity contribution >= 4 is 22.5 Å². The quantitative estimate of drug-likeness (QED) is 0.708. The molecule has 4 heteroatoms. The number of benzene rings is 1. The molecule has 1 unspecified atom stereocenters. The van der Waals surface area contributed by atoms with Crippen molar-refractivity contribution in [3.8, 4) is 0 Å². The van der Waals surface area contributed by atoms with Crippen molar-refractivity contribution in [2.75, 3.05) is 6.54 Å². The molecule has 0 radical (unpaired) electrons. The number of aliphatic hydroxyl groups excluding tert-OH is 1. The normalized spacial score (nSPS) is 13.4. The number of aliphatic hydroxyl groups is 1. The highest BCUT2D eigenvalue weighted by Crippen LogP contribution is 2.30. The van der Waals surface area contributed by atoms with E-state index >= 15 is 0 Å². The molecule has 2 rings (SSSR count). The molecule has 0 aliphatic heterocycles. The van der Waals surface area contributed by atoms with Gasteiger partial charge in [-0.2, -0.15) is 0 Å². The first-order valence-corrected chi connectivity index (χ1v) is 4.76. The molecule has 0 aliphatic rings. The van der Waals surface area contributed by atoms with E-state index in [4.69, 9.17) is 17.3 Å². The Kier molecular flexibility index (Phi) is 2.46. The topological polar surface area (TPSA) is 62.0 Å². The van der Waals surface area contributed by atoms with Gasteiger partial charge in [0.2, 0.25) is 0 Å². The number of nitrogens with one attached hydrogen (secondary N) is 1. The van der Waals surface area contributed by atoms with E-state index in [9.17, 15) is 5.11 Å². The number of aromatic nitrogens is 1. The molecule has 0 aliphatic carbocycles. The molecule has 1 atom stereocenters. The number of halogens is 1. The monoisotopic (exact) mass is 210 g/mol. The van der Waals surface area contributed by atoms with Crippen molar-refractivity contribution in [1.82, 2.24) is 4.98 Å². The highest BCUT2D eigenvalue weighted by atomic mass is 35.5. The van der Waals surface area contributed by atoms with Gasteiger partial charge in [0, 0.05) is 17.4 Å². The second-order valence-corrected chi connectivity index (χ2v) is 3.53. The molecule has 2 aromatic rings. The Labute approximate surface area is 86.5 Å². The van der Waals surface area contributed by atoms with Crippen molar-refractivity contribution in [2.45, 2.75) is 6.10 Å². The zero-order valence-electron chi connectivity index (χ0n) is 7.50. The zero-order valence-corrected chi connectivity index (χ0v) is 8.25. The number of H-pyrrole nitrogens is 1. The van der Waals surface area contributed by atoms with Crippen LogP contribution in [0.1, 0.15) is 11.8 Å². The van der Waals surface area contributed by atoms with Gasteiger partial charge in [0.05, 0.1) is 10.7 Å². The lowest BCUT2D eigenvalue weighted by atomic mass is 10.2. The minimum atomic E-state index is -0.727. The van der Waals surface area contributed by atoms with Crippen LogP contribution >= 0.6 is 11.6 Å². The van der Waals surface area contributed by atoms with E-state index in [2.05, 4.69) is 4.98 Å². The summed E-state index contributed by atoms with van der Waals surface area (Å²) < 4.78 is 0. The summed E-state index contributed by atoms with van der Waals surface area (Å²) in [6, 6.07) is 7.63. The van der Waals surface area contributed by atoms with Crippen LogP contribution in [0.3, 0.4) is 0 Å². The second kappa shape index (κ2) is 3.61. The van der Waals surface area contributed by atoms with Gasteiger partial charge in [0.1, 0.15) is 6.10 Å². The average Bonchev–Trinajstić information content (AvgIpc) is 2.56. The standard InChI is InChI=1S/C10H11ClN2O/c11-9-6-3-1-2-4-7(6)13-10(9)8(14)5-12/h1-4,8,13-14H,5,12H2. The van der Waals surface area contributed by atoms with Crippen LogP contribution in [0.4, 0.5) is 0 Å². The number of rotatable bonds is 2. The van der Waals surface area contributed by atoms with Crippen molar-refractivity contribution < 1.29 is 5.11 Å². The number of nitrogens with two attached hydrogens (primary N) is 1. The Morgan fingerprint density at radius 3 is 2.79 bits per heavy atom. The maximum absolute atomic E-state index is 9.57. The van der Waals surface area contributed by atoms with Crippen LogP contribution < -0.4 is 5.73 Å². The number of aromatic amines is 1. The molecule has 1 heterocycles. The minimum absolute atomic E-state index is 0.159. The zero-order chi connectivity index (χ0) is 10.1. The van der Waals surface area contributed by atoms with Gasteiger partial charge in [-0.25, -0.2) is 0 Å². The smallest absolute Gasteiger partial charge is 0.107 e. The first-order chi connectivity index (χ1) is 6.74. The Morgan fingerprint density at radius 2 is 2.14 bits per heavy atom. The lowest BCUT2D eigenvalue weighted by Gasteiger charge is -2.04. The molecule has 4 N–H and O–H groups in total. The van der Waals surface area contributed by atoms with E-state index < -0.39 is 6.10 Å². The lowest BCUT2D eigenvalue weighted by Crippen LogP contribution is -2.12. The number of hydrogen-bond donors (Lipinski definition) is 3. The van der Waals surface area contributed by atoms with Crippen LogP contribution in [0.5, 0.6) is 0 Å². The van der Waals surface area contributed by atoms with Crippen LogP contribution in [-0.2, 0) is 0 Å². The first-order valence-electron chi connectivity index (χ1n) is 4.38. The molecule has 14 heavy (non-hydrogen) atoms. The molecule has 74 valence electrons. The van der Waals surface area contributed by atoms with E-state index in [1.54, 1.807) is 0 Å². The van der Waals surface area contributed by atoms with Crippen molar-refractivity contribution in [2.24, 2.45) is 5.73 Å². The summed E-state index contributed by atoms with van der Waals surface area (Å²) in [6.07, 6.45) is -0.727. The maximum atomic E-state index is 9.57. The van der Waals surface area contributed by atoms with Crippen molar-refractivity contribution in [3.05, 3.63) is 35.0 Å². The largest absolute Gasteiger partial charge is 0.386 e. The van der Waals surface area contributed by atoms with Crippen LogP contribution in [0, 0.1) is 0 Å². The molecule has 0 spiro atoms. The van der Waals surface area contributed by atoms with E-state index in [1.165, 1.54) is 0 Å². The predicted molar refractivity (Wildman–Crippen MR) is 57.3 cm³/mol. The number of fused-ring (bicyclic) bond motifs is 1. The van der Waals surface area contributed by atoms with Gasteiger partial charge in [-0.1, -0.05) is 29.8 Å². The van der Waals surface area contributed by atoms with E-state index in [1.807, 2.05) is 24.3 Å². The molecule has 0 bridgehead atoms. The molecular weight excluding hydrogens is 200 g/mol. The summed E-state index contributed by atoms with van der Waals surface area (Å²) in [7, 11) is 0. The maximum Gasteiger partial charge on any atom is 0.107 e. The average molecular weight is 211 g/mol. The van der Waals surface area contributed by atoms with Gasteiger partial charge in [-0.3, -0.25) is 0 Å². The fourth-order valence-electron chi connectivity index (χ4n) is 1.48. The summed E-state index contributed by atoms with van der Waals surface area (Å²) in [5.41, 5.74) is 6.88. The van der Waals surface area contributed by atoms with Gasteiger partial charge in [-0.15, -0.1) is 0 Å².